The number of benzene rings is 1. The van der Waals surface area contributed by atoms with Crippen molar-refractivity contribution in [3.8, 4) is 11.3 Å². The molecule has 162 valence electrons. The Bertz CT molecular complexity index is 1080. The Labute approximate surface area is 185 Å². The van der Waals surface area contributed by atoms with E-state index in [0.29, 0.717) is 28.6 Å². The fourth-order valence-corrected chi connectivity index (χ4v) is 4.02. The summed E-state index contributed by atoms with van der Waals surface area (Å²) < 4.78 is 7.01. The van der Waals surface area contributed by atoms with Crippen LogP contribution in [0.1, 0.15) is 30.9 Å². The predicted octanol–water partition coefficient (Wildman–Crippen LogP) is 3.52. The van der Waals surface area contributed by atoms with Gasteiger partial charge in [-0.15, -0.1) is 0 Å². The van der Waals surface area contributed by atoms with Crippen LogP contribution in [0.25, 0.3) is 11.3 Å². The Hall–Kier alpha value is -2.74. The first-order valence-corrected chi connectivity index (χ1v) is 10.8. The van der Waals surface area contributed by atoms with Crippen LogP contribution in [0, 0.1) is 0 Å². The number of aliphatic hydroxyl groups is 1. The Morgan fingerprint density at radius 3 is 2.81 bits per heavy atom. The van der Waals surface area contributed by atoms with E-state index in [1.54, 1.807) is 35.2 Å². The van der Waals surface area contributed by atoms with E-state index in [4.69, 9.17) is 16.3 Å². The molecule has 0 amide bonds. The fourth-order valence-electron chi connectivity index (χ4n) is 3.82. The number of pyridine rings is 1. The minimum absolute atomic E-state index is 0.0431. The molecule has 0 aliphatic carbocycles. The van der Waals surface area contributed by atoms with Crippen LogP contribution < -0.4 is 10.9 Å². The highest BCUT2D eigenvalue weighted by Gasteiger charge is 2.17. The molecule has 3 heterocycles. The second-order valence-electron chi connectivity index (χ2n) is 7.54. The fraction of sp³-hybridized carbons (Fsp3) is 0.348. The number of halogens is 1. The van der Waals surface area contributed by atoms with E-state index in [2.05, 4.69) is 15.3 Å². The summed E-state index contributed by atoms with van der Waals surface area (Å²) in [4.78, 5) is 21.9. The third kappa shape index (κ3) is 5.31. The van der Waals surface area contributed by atoms with Gasteiger partial charge in [-0.25, -0.2) is 9.97 Å². The molecule has 0 bridgehead atoms. The predicted molar refractivity (Wildman–Crippen MR) is 120 cm³/mol. The molecule has 1 aromatic carbocycles. The molecule has 0 unspecified atom stereocenters. The van der Waals surface area contributed by atoms with Gasteiger partial charge in [-0.3, -0.25) is 4.79 Å². The highest BCUT2D eigenvalue weighted by atomic mass is 35.5. The van der Waals surface area contributed by atoms with Crippen molar-refractivity contribution in [2.24, 2.45) is 0 Å². The van der Waals surface area contributed by atoms with Gasteiger partial charge in [0.25, 0.3) is 5.56 Å². The number of ether oxygens (including phenoxy) is 1. The second-order valence-corrected chi connectivity index (χ2v) is 7.98. The van der Waals surface area contributed by atoms with Crippen molar-refractivity contribution in [3.63, 3.8) is 0 Å². The Morgan fingerprint density at radius 1 is 1.23 bits per heavy atom. The van der Waals surface area contributed by atoms with Gasteiger partial charge in [0, 0.05) is 54.9 Å². The quantitative estimate of drug-likeness (QED) is 0.584. The zero-order valence-electron chi connectivity index (χ0n) is 17.1. The first-order chi connectivity index (χ1) is 15.1. The number of hydrogen-bond donors (Lipinski definition) is 2. The molecule has 1 fully saturated rings. The molecule has 0 radical (unpaired) electrons. The van der Waals surface area contributed by atoms with Gasteiger partial charge in [-0.1, -0.05) is 23.7 Å². The van der Waals surface area contributed by atoms with E-state index in [-0.39, 0.29) is 24.2 Å². The standard InChI is InChI=1S/C23H25ClN4O3/c24-18-3-1-2-17(14-18)21(6-11-29)28-10-5-16(15-22(28)30)20-4-9-25-23(27-20)26-19-7-12-31-13-8-19/h1-5,9-10,14-15,19,21,29H,6-8,11-13H2,(H,25,26,27)/t21-/m1/s1. The Balaban J connectivity index is 1.59. The lowest BCUT2D eigenvalue weighted by molar-refractivity contribution is 0.0903. The summed E-state index contributed by atoms with van der Waals surface area (Å²) in [5, 5.41) is 13.5. The average Bonchev–Trinajstić information content (AvgIpc) is 2.79. The van der Waals surface area contributed by atoms with Crippen molar-refractivity contribution < 1.29 is 9.84 Å². The molecule has 1 saturated heterocycles. The molecule has 4 rings (SSSR count). The normalized spacial score (nSPS) is 15.5. The van der Waals surface area contributed by atoms with Gasteiger partial charge in [-0.2, -0.15) is 0 Å². The van der Waals surface area contributed by atoms with Gasteiger partial charge >= 0.3 is 0 Å². The van der Waals surface area contributed by atoms with Crippen molar-refractivity contribution in [2.75, 3.05) is 25.1 Å². The highest BCUT2D eigenvalue weighted by molar-refractivity contribution is 6.30. The van der Waals surface area contributed by atoms with Crippen LogP contribution in [0.5, 0.6) is 0 Å². The SMILES string of the molecule is O=c1cc(-c2ccnc(NC3CCOCC3)n2)ccn1[C@H](CCO)c1cccc(Cl)c1. The number of hydrogen-bond acceptors (Lipinski definition) is 6. The molecule has 7 nitrogen and oxygen atoms in total. The van der Waals surface area contributed by atoms with E-state index in [1.165, 1.54) is 0 Å². The smallest absolute Gasteiger partial charge is 0.251 e. The first-order valence-electron chi connectivity index (χ1n) is 10.4. The van der Waals surface area contributed by atoms with Gasteiger partial charge in [0.1, 0.15) is 0 Å². The second kappa shape index (κ2) is 10.0. The molecule has 1 aliphatic heterocycles. The minimum atomic E-state index is -0.304. The minimum Gasteiger partial charge on any atom is -0.396 e. The number of aliphatic hydroxyl groups excluding tert-OH is 1. The Kier molecular flexibility index (Phi) is 6.96. The molecule has 3 aromatic rings. The molecule has 0 saturated carbocycles. The Morgan fingerprint density at radius 2 is 2.06 bits per heavy atom. The molecule has 2 N–H and O–H groups in total. The summed E-state index contributed by atoms with van der Waals surface area (Å²) in [6, 6.07) is 12.5. The van der Waals surface area contributed by atoms with Crippen molar-refractivity contribution in [1.82, 2.24) is 14.5 Å². The van der Waals surface area contributed by atoms with Crippen LogP contribution in [-0.4, -0.2) is 45.5 Å². The third-order valence-corrected chi connectivity index (χ3v) is 5.66. The van der Waals surface area contributed by atoms with Gasteiger partial charge in [-0.05, 0) is 49.1 Å². The zero-order valence-corrected chi connectivity index (χ0v) is 17.8. The van der Waals surface area contributed by atoms with Crippen molar-refractivity contribution in [3.05, 3.63) is 75.8 Å². The van der Waals surface area contributed by atoms with Crippen LogP contribution in [-0.2, 0) is 4.74 Å². The van der Waals surface area contributed by atoms with Crippen LogP contribution in [0.2, 0.25) is 5.02 Å². The summed E-state index contributed by atoms with van der Waals surface area (Å²) >= 11 is 6.13. The zero-order chi connectivity index (χ0) is 21.6. The van der Waals surface area contributed by atoms with E-state index >= 15 is 0 Å². The number of rotatable bonds is 7. The summed E-state index contributed by atoms with van der Waals surface area (Å²) in [5.41, 5.74) is 2.10. The lowest BCUT2D eigenvalue weighted by Gasteiger charge is -2.23. The highest BCUT2D eigenvalue weighted by Crippen LogP contribution is 2.24. The maximum atomic E-state index is 13.0. The van der Waals surface area contributed by atoms with Gasteiger partial charge in [0.2, 0.25) is 5.95 Å². The van der Waals surface area contributed by atoms with Crippen LogP contribution in [0.4, 0.5) is 5.95 Å². The molecule has 2 aromatic heterocycles. The van der Waals surface area contributed by atoms with Gasteiger partial charge < -0.3 is 19.7 Å². The van der Waals surface area contributed by atoms with Crippen LogP contribution in [0.3, 0.4) is 0 Å². The molecule has 1 atom stereocenters. The largest absolute Gasteiger partial charge is 0.396 e. The summed E-state index contributed by atoms with van der Waals surface area (Å²) in [5.74, 6) is 0.547. The van der Waals surface area contributed by atoms with Crippen molar-refractivity contribution in [2.45, 2.75) is 31.3 Å². The number of nitrogens with one attached hydrogen (secondary N) is 1. The van der Waals surface area contributed by atoms with Crippen LogP contribution >= 0.6 is 11.6 Å². The number of anilines is 1. The molecule has 0 spiro atoms. The summed E-state index contributed by atoms with van der Waals surface area (Å²) in [6.07, 6.45) is 5.67. The van der Waals surface area contributed by atoms with Crippen molar-refractivity contribution >= 4 is 17.5 Å². The van der Waals surface area contributed by atoms with Gasteiger partial charge in [0.15, 0.2) is 0 Å². The lowest BCUT2D eigenvalue weighted by Crippen LogP contribution is -2.28. The summed E-state index contributed by atoms with van der Waals surface area (Å²) in [7, 11) is 0. The maximum absolute atomic E-state index is 13.0. The molecule has 31 heavy (non-hydrogen) atoms. The monoisotopic (exact) mass is 440 g/mol. The van der Waals surface area contributed by atoms with Crippen LogP contribution in [0.15, 0.2) is 59.7 Å². The molecule has 1 aliphatic rings. The number of nitrogens with zero attached hydrogens (tertiary/aromatic N) is 3. The lowest BCUT2D eigenvalue weighted by atomic mass is 10.0. The van der Waals surface area contributed by atoms with Gasteiger partial charge in [0.05, 0.1) is 11.7 Å². The van der Waals surface area contributed by atoms with E-state index in [9.17, 15) is 9.90 Å². The van der Waals surface area contributed by atoms with E-state index in [1.807, 2.05) is 24.3 Å². The number of aromatic nitrogens is 3. The average molecular weight is 441 g/mol. The van der Waals surface area contributed by atoms with E-state index < -0.39 is 0 Å². The third-order valence-electron chi connectivity index (χ3n) is 5.43. The van der Waals surface area contributed by atoms with Crippen molar-refractivity contribution in [1.29, 1.82) is 0 Å². The maximum Gasteiger partial charge on any atom is 0.251 e. The first kappa shape index (κ1) is 21.5. The summed E-state index contributed by atoms with van der Waals surface area (Å²) in [6.45, 7) is 1.42. The van der Waals surface area contributed by atoms with E-state index in [0.717, 1.165) is 31.6 Å². The topological polar surface area (TPSA) is 89.3 Å². The molecular weight excluding hydrogens is 416 g/mol. The molecule has 8 heteroatoms. The molecular formula is C23H25ClN4O3.